The highest BCUT2D eigenvalue weighted by atomic mass is 32.1. The van der Waals surface area contributed by atoms with Crippen molar-refractivity contribution in [2.75, 3.05) is 0 Å². The second-order valence-electron chi connectivity index (χ2n) is 14.4. The van der Waals surface area contributed by atoms with Gasteiger partial charge >= 0.3 is 0 Å². The molecule has 0 bridgehead atoms. The molecule has 0 unspecified atom stereocenters. The average molecular weight is 719 g/mol. The second kappa shape index (κ2) is 11.6. The van der Waals surface area contributed by atoms with Crippen molar-refractivity contribution in [2.24, 2.45) is 0 Å². The fourth-order valence-corrected chi connectivity index (χ4v) is 11.4. The van der Waals surface area contributed by atoms with E-state index in [-0.39, 0.29) is 0 Å². The van der Waals surface area contributed by atoms with Crippen molar-refractivity contribution in [2.45, 2.75) is 0 Å². The van der Waals surface area contributed by atoms with E-state index in [0.29, 0.717) is 0 Å². The highest BCUT2D eigenvalue weighted by molar-refractivity contribution is 7.33. The molecule has 0 aliphatic heterocycles. The zero-order chi connectivity index (χ0) is 35.3. The van der Waals surface area contributed by atoms with Gasteiger partial charge in [-0.3, -0.25) is 0 Å². The summed E-state index contributed by atoms with van der Waals surface area (Å²) in [5, 5.41) is 15.6. The monoisotopic (exact) mass is 718 g/mol. The zero-order valence-corrected chi connectivity index (χ0v) is 30.8. The summed E-state index contributed by atoms with van der Waals surface area (Å²) in [6.07, 6.45) is 0. The van der Waals surface area contributed by atoms with Crippen LogP contribution in [0.15, 0.2) is 182 Å². The maximum Gasteiger partial charge on any atom is 0.0534 e. The maximum atomic E-state index is 2.41. The number of fused-ring (bicyclic) bond motifs is 11. The fourth-order valence-electron chi connectivity index (χ4n) is 8.86. The molecule has 12 rings (SSSR count). The van der Waals surface area contributed by atoms with Crippen LogP contribution in [0.4, 0.5) is 0 Å². The molecule has 0 N–H and O–H groups in total. The van der Waals surface area contributed by atoms with E-state index in [1.54, 1.807) is 0 Å². The summed E-state index contributed by atoms with van der Waals surface area (Å²) < 4.78 is 5.52. The van der Waals surface area contributed by atoms with Gasteiger partial charge < -0.3 is 0 Å². The Morgan fingerprint density at radius 3 is 1.44 bits per heavy atom. The number of rotatable bonds is 3. The maximum absolute atomic E-state index is 2.41. The van der Waals surface area contributed by atoms with Crippen LogP contribution in [0.5, 0.6) is 0 Å². The highest BCUT2D eigenvalue weighted by Crippen LogP contribution is 2.47. The molecule has 250 valence electrons. The SMILES string of the molecule is c1ccc2cc(-c3c4ccccc4c(-c4ccc(-c5ccc6cc7sc8c(ccc9c%10ccccc%10sc98)c7cc6c5)cc4)c4ccccc34)ccc2c1. The third kappa shape index (κ3) is 4.48. The Morgan fingerprint density at radius 2 is 0.722 bits per heavy atom. The summed E-state index contributed by atoms with van der Waals surface area (Å²) in [6, 6.07) is 67.8. The van der Waals surface area contributed by atoms with Crippen LogP contribution in [0.1, 0.15) is 0 Å². The van der Waals surface area contributed by atoms with E-state index in [0.717, 1.165) is 0 Å². The van der Waals surface area contributed by atoms with Gasteiger partial charge in [0.15, 0.2) is 0 Å². The van der Waals surface area contributed by atoms with Gasteiger partial charge in [0.25, 0.3) is 0 Å². The van der Waals surface area contributed by atoms with E-state index in [1.165, 1.54) is 117 Å². The third-order valence-corrected chi connectivity index (χ3v) is 13.9. The zero-order valence-electron chi connectivity index (χ0n) is 29.1. The summed E-state index contributed by atoms with van der Waals surface area (Å²) in [7, 11) is 0. The first-order valence-electron chi connectivity index (χ1n) is 18.5. The normalized spacial score (nSPS) is 12.1. The molecule has 10 aromatic carbocycles. The quantitative estimate of drug-likeness (QED) is 0.160. The Bertz CT molecular complexity index is 3430. The summed E-state index contributed by atoms with van der Waals surface area (Å²) >= 11 is 3.85. The number of hydrogen-bond donors (Lipinski definition) is 0. The molecule has 0 saturated heterocycles. The Labute approximate surface area is 319 Å². The number of thiophene rings is 2. The molecule has 0 fully saturated rings. The van der Waals surface area contributed by atoms with E-state index in [4.69, 9.17) is 0 Å². The van der Waals surface area contributed by atoms with E-state index < -0.39 is 0 Å². The molecule has 0 amide bonds. The molecular formula is C52H30S2. The van der Waals surface area contributed by atoms with Crippen molar-refractivity contribution in [1.29, 1.82) is 0 Å². The van der Waals surface area contributed by atoms with Crippen molar-refractivity contribution in [3.05, 3.63) is 182 Å². The molecule has 54 heavy (non-hydrogen) atoms. The number of hydrogen-bond acceptors (Lipinski definition) is 2. The highest BCUT2D eigenvalue weighted by Gasteiger charge is 2.18. The first-order valence-corrected chi connectivity index (χ1v) is 20.1. The average Bonchev–Trinajstić information content (AvgIpc) is 3.80. The van der Waals surface area contributed by atoms with Gasteiger partial charge in [-0.15, -0.1) is 22.7 Å². The van der Waals surface area contributed by atoms with Gasteiger partial charge in [-0.1, -0.05) is 152 Å². The summed E-state index contributed by atoms with van der Waals surface area (Å²) in [5.74, 6) is 0. The van der Waals surface area contributed by atoms with Crippen molar-refractivity contribution in [3.63, 3.8) is 0 Å². The van der Waals surface area contributed by atoms with Gasteiger partial charge in [0.2, 0.25) is 0 Å². The Balaban J connectivity index is 0.975. The topological polar surface area (TPSA) is 0 Å². The lowest BCUT2D eigenvalue weighted by atomic mass is 9.85. The standard InChI is InChI=1S/C52H30S2/c1-2-10-34-27-37(24-19-31(34)9-1)50-42-14-5-3-12-40(42)49(41-13-4-6-15-43(41)50)33-20-17-32(18-21-33)35-22-23-36-30-48-46(29-38(36)28-35)45-26-25-44-39-11-7-8-16-47(39)53-51(44)52(45)54-48/h1-30H. The predicted octanol–water partition coefficient (Wildman–Crippen LogP) is 16.0. The molecule has 0 aliphatic rings. The lowest BCUT2D eigenvalue weighted by molar-refractivity contribution is 1.63. The molecule has 2 heteroatoms. The van der Waals surface area contributed by atoms with Crippen LogP contribution in [-0.2, 0) is 0 Å². The summed E-state index contributed by atoms with van der Waals surface area (Å²) in [6.45, 7) is 0. The van der Waals surface area contributed by atoms with Gasteiger partial charge in [0.1, 0.15) is 0 Å². The van der Waals surface area contributed by atoms with Crippen LogP contribution >= 0.6 is 22.7 Å². The second-order valence-corrected chi connectivity index (χ2v) is 16.5. The van der Waals surface area contributed by atoms with Gasteiger partial charge in [-0.05, 0) is 107 Å². The van der Waals surface area contributed by atoms with Crippen molar-refractivity contribution in [3.8, 4) is 33.4 Å². The van der Waals surface area contributed by atoms with Crippen LogP contribution in [0.2, 0.25) is 0 Å². The molecule has 2 aromatic heterocycles. The minimum atomic E-state index is 1.23. The molecule has 12 aromatic rings. The fraction of sp³-hybridized carbons (Fsp3) is 0. The van der Waals surface area contributed by atoms with E-state index >= 15 is 0 Å². The Morgan fingerprint density at radius 1 is 0.241 bits per heavy atom. The Kier molecular flexibility index (Phi) is 6.48. The molecule has 2 heterocycles. The van der Waals surface area contributed by atoms with E-state index in [9.17, 15) is 0 Å². The van der Waals surface area contributed by atoms with Crippen LogP contribution in [-0.4, -0.2) is 0 Å². The van der Waals surface area contributed by atoms with Crippen LogP contribution in [0.25, 0.3) is 117 Å². The lowest BCUT2D eigenvalue weighted by Gasteiger charge is -2.18. The lowest BCUT2D eigenvalue weighted by Crippen LogP contribution is -1.91. The van der Waals surface area contributed by atoms with Crippen molar-refractivity contribution < 1.29 is 0 Å². The molecule has 0 radical (unpaired) electrons. The molecule has 0 nitrogen and oxygen atoms in total. The molecule has 0 saturated carbocycles. The first-order chi connectivity index (χ1) is 26.7. The summed E-state index contributed by atoms with van der Waals surface area (Å²) in [5.41, 5.74) is 7.53. The van der Waals surface area contributed by atoms with Crippen LogP contribution < -0.4 is 0 Å². The number of benzene rings is 10. The van der Waals surface area contributed by atoms with Crippen LogP contribution in [0, 0.1) is 0 Å². The molecule has 0 spiro atoms. The van der Waals surface area contributed by atoms with Gasteiger partial charge in [0.05, 0.1) is 9.40 Å². The van der Waals surface area contributed by atoms with Crippen molar-refractivity contribution in [1.82, 2.24) is 0 Å². The molecular weight excluding hydrogens is 689 g/mol. The third-order valence-electron chi connectivity index (χ3n) is 11.4. The van der Waals surface area contributed by atoms with Gasteiger partial charge in [0, 0.05) is 30.9 Å². The van der Waals surface area contributed by atoms with Gasteiger partial charge in [-0.2, -0.15) is 0 Å². The minimum absolute atomic E-state index is 1.23. The first kappa shape index (κ1) is 30.2. The van der Waals surface area contributed by atoms with Crippen molar-refractivity contribution >= 4 is 106 Å². The Hall–Kier alpha value is -6.32. The van der Waals surface area contributed by atoms with E-state index in [2.05, 4.69) is 182 Å². The van der Waals surface area contributed by atoms with E-state index in [1.807, 2.05) is 22.7 Å². The molecule has 0 atom stereocenters. The largest absolute Gasteiger partial charge is 0.134 e. The minimum Gasteiger partial charge on any atom is -0.134 e. The van der Waals surface area contributed by atoms with Crippen LogP contribution in [0.3, 0.4) is 0 Å². The predicted molar refractivity (Wildman–Crippen MR) is 239 cm³/mol. The van der Waals surface area contributed by atoms with Gasteiger partial charge in [-0.25, -0.2) is 0 Å². The smallest absolute Gasteiger partial charge is 0.0534 e. The summed E-state index contributed by atoms with van der Waals surface area (Å²) in [4.78, 5) is 0. The molecule has 0 aliphatic carbocycles.